The summed E-state index contributed by atoms with van der Waals surface area (Å²) in [6.45, 7) is 4.51. The van der Waals surface area contributed by atoms with E-state index in [0.29, 0.717) is 38.4 Å². The SMILES string of the molecule is CCc1ccc(N2CC(C(=O)N3CCN(c4ccccc4[N+](=O)[O-])CC3)CC2=O)cc1. The van der Waals surface area contributed by atoms with Crippen LogP contribution in [0.15, 0.2) is 48.5 Å². The van der Waals surface area contributed by atoms with Crippen molar-refractivity contribution in [3.63, 3.8) is 0 Å². The molecule has 0 aromatic heterocycles. The van der Waals surface area contributed by atoms with E-state index >= 15 is 0 Å². The topological polar surface area (TPSA) is 87.0 Å². The summed E-state index contributed by atoms with van der Waals surface area (Å²) in [5.41, 5.74) is 2.70. The van der Waals surface area contributed by atoms with Crippen molar-refractivity contribution in [1.29, 1.82) is 0 Å². The molecule has 2 saturated heterocycles. The van der Waals surface area contributed by atoms with Gasteiger partial charge in [0.2, 0.25) is 11.8 Å². The number of carbonyl (C=O) groups is 2. The number of amides is 2. The summed E-state index contributed by atoms with van der Waals surface area (Å²) in [5, 5.41) is 11.3. The van der Waals surface area contributed by atoms with E-state index < -0.39 is 0 Å². The number of para-hydroxylation sites is 2. The number of benzene rings is 2. The van der Waals surface area contributed by atoms with Gasteiger partial charge < -0.3 is 14.7 Å². The van der Waals surface area contributed by atoms with E-state index in [4.69, 9.17) is 0 Å². The smallest absolute Gasteiger partial charge is 0.292 e. The Morgan fingerprint density at radius 1 is 1.06 bits per heavy atom. The van der Waals surface area contributed by atoms with E-state index in [1.54, 1.807) is 28.0 Å². The van der Waals surface area contributed by atoms with Crippen LogP contribution in [0.1, 0.15) is 18.9 Å². The van der Waals surface area contributed by atoms with E-state index in [2.05, 4.69) is 6.92 Å². The fourth-order valence-electron chi connectivity index (χ4n) is 4.35. The zero-order chi connectivity index (χ0) is 22.0. The molecule has 8 heteroatoms. The van der Waals surface area contributed by atoms with Gasteiger partial charge in [0.15, 0.2) is 0 Å². The molecule has 0 bridgehead atoms. The first-order valence-electron chi connectivity index (χ1n) is 10.6. The third-order valence-corrected chi connectivity index (χ3v) is 6.14. The molecular formula is C23H26N4O4. The van der Waals surface area contributed by atoms with E-state index in [0.717, 1.165) is 12.1 Å². The highest BCUT2D eigenvalue weighted by molar-refractivity contribution is 6.00. The van der Waals surface area contributed by atoms with Crippen LogP contribution in [-0.2, 0) is 16.0 Å². The third kappa shape index (κ3) is 4.23. The molecule has 8 nitrogen and oxygen atoms in total. The number of hydrogen-bond acceptors (Lipinski definition) is 5. The van der Waals surface area contributed by atoms with Crippen molar-refractivity contribution in [1.82, 2.24) is 4.90 Å². The van der Waals surface area contributed by atoms with Gasteiger partial charge in [-0.2, -0.15) is 0 Å². The second kappa shape index (κ2) is 8.75. The number of anilines is 2. The summed E-state index contributed by atoms with van der Waals surface area (Å²) >= 11 is 0. The Morgan fingerprint density at radius 3 is 2.39 bits per heavy atom. The summed E-state index contributed by atoms with van der Waals surface area (Å²) in [6, 6.07) is 14.6. The van der Waals surface area contributed by atoms with Gasteiger partial charge in [-0.25, -0.2) is 0 Å². The van der Waals surface area contributed by atoms with Crippen LogP contribution in [0, 0.1) is 16.0 Å². The van der Waals surface area contributed by atoms with Crippen LogP contribution in [-0.4, -0.2) is 54.4 Å². The zero-order valence-electron chi connectivity index (χ0n) is 17.6. The lowest BCUT2D eigenvalue weighted by Crippen LogP contribution is -2.50. The summed E-state index contributed by atoms with van der Waals surface area (Å²) in [7, 11) is 0. The molecule has 2 heterocycles. The molecule has 0 N–H and O–H groups in total. The maximum Gasteiger partial charge on any atom is 0.292 e. The molecule has 2 aliphatic rings. The van der Waals surface area contributed by atoms with Gasteiger partial charge in [0.25, 0.3) is 5.69 Å². The summed E-state index contributed by atoms with van der Waals surface area (Å²) in [4.78, 5) is 42.0. The summed E-state index contributed by atoms with van der Waals surface area (Å²) in [5.74, 6) is -0.389. The van der Waals surface area contributed by atoms with Crippen molar-refractivity contribution >= 4 is 28.9 Å². The van der Waals surface area contributed by atoms with E-state index in [1.807, 2.05) is 29.2 Å². The standard InChI is InChI=1S/C23H26N4O4/c1-2-17-7-9-19(10-8-17)26-16-18(15-22(26)28)23(29)25-13-11-24(12-14-25)20-5-3-4-6-21(20)27(30)31/h3-10,18H,2,11-16H2,1H3. The second-order valence-corrected chi connectivity index (χ2v) is 7.98. The van der Waals surface area contributed by atoms with Crippen molar-refractivity contribution < 1.29 is 14.5 Å². The Labute approximate surface area is 181 Å². The largest absolute Gasteiger partial charge is 0.362 e. The predicted octanol–water partition coefficient (Wildman–Crippen LogP) is 2.86. The molecule has 0 spiro atoms. The molecule has 2 aromatic rings. The van der Waals surface area contributed by atoms with Gasteiger partial charge in [-0.05, 0) is 30.2 Å². The van der Waals surface area contributed by atoms with Crippen LogP contribution in [0.4, 0.5) is 17.1 Å². The molecule has 1 unspecified atom stereocenters. The normalized spacial score (nSPS) is 19.1. The lowest BCUT2D eigenvalue weighted by Gasteiger charge is -2.36. The zero-order valence-corrected chi connectivity index (χ0v) is 17.6. The van der Waals surface area contributed by atoms with Crippen LogP contribution < -0.4 is 9.80 Å². The molecule has 0 saturated carbocycles. The average Bonchev–Trinajstić information content (AvgIpc) is 3.20. The molecule has 0 radical (unpaired) electrons. The Kier molecular flexibility index (Phi) is 5.88. The van der Waals surface area contributed by atoms with Gasteiger partial charge in [0, 0.05) is 50.9 Å². The molecule has 4 rings (SSSR count). The lowest BCUT2D eigenvalue weighted by atomic mass is 10.1. The fraction of sp³-hybridized carbons (Fsp3) is 0.391. The second-order valence-electron chi connectivity index (χ2n) is 7.98. The third-order valence-electron chi connectivity index (χ3n) is 6.14. The van der Waals surface area contributed by atoms with Crippen molar-refractivity contribution in [2.24, 2.45) is 5.92 Å². The maximum atomic E-state index is 13.1. The van der Waals surface area contributed by atoms with Gasteiger partial charge in [-0.15, -0.1) is 0 Å². The molecule has 162 valence electrons. The van der Waals surface area contributed by atoms with E-state index in [-0.39, 0.29) is 34.8 Å². The molecule has 2 aromatic carbocycles. The Balaban J connectivity index is 1.38. The van der Waals surface area contributed by atoms with Gasteiger partial charge in [-0.3, -0.25) is 19.7 Å². The number of nitro groups is 1. The minimum absolute atomic E-state index is 0.0109. The van der Waals surface area contributed by atoms with Gasteiger partial charge >= 0.3 is 0 Å². The molecular weight excluding hydrogens is 396 g/mol. The number of aryl methyl sites for hydroxylation is 1. The Bertz CT molecular complexity index is 983. The fourth-order valence-corrected chi connectivity index (χ4v) is 4.35. The van der Waals surface area contributed by atoms with Crippen LogP contribution >= 0.6 is 0 Å². The lowest BCUT2D eigenvalue weighted by molar-refractivity contribution is -0.384. The first kappa shape index (κ1) is 20.8. The summed E-state index contributed by atoms with van der Waals surface area (Å²) in [6.07, 6.45) is 1.16. The van der Waals surface area contributed by atoms with Crippen molar-refractivity contribution in [3.8, 4) is 0 Å². The molecule has 1 atom stereocenters. The van der Waals surface area contributed by atoms with Crippen molar-refractivity contribution in [2.75, 3.05) is 42.5 Å². The molecule has 0 aliphatic carbocycles. The van der Waals surface area contributed by atoms with Crippen molar-refractivity contribution in [2.45, 2.75) is 19.8 Å². The molecule has 2 amide bonds. The quantitative estimate of drug-likeness (QED) is 0.546. The number of hydrogen-bond donors (Lipinski definition) is 0. The highest BCUT2D eigenvalue weighted by Gasteiger charge is 2.38. The van der Waals surface area contributed by atoms with Crippen LogP contribution in [0.3, 0.4) is 0 Å². The number of nitro benzene ring substituents is 1. The van der Waals surface area contributed by atoms with Gasteiger partial charge in [0.05, 0.1) is 10.8 Å². The van der Waals surface area contributed by atoms with Crippen LogP contribution in [0.25, 0.3) is 0 Å². The van der Waals surface area contributed by atoms with Crippen LogP contribution in [0.5, 0.6) is 0 Å². The van der Waals surface area contributed by atoms with E-state index in [1.165, 1.54) is 11.6 Å². The molecule has 2 fully saturated rings. The molecule has 2 aliphatic heterocycles. The number of rotatable bonds is 5. The summed E-state index contributed by atoms with van der Waals surface area (Å²) < 4.78 is 0. The Hall–Kier alpha value is -3.42. The maximum absolute atomic E-state index is 13.1. The monoisotopic (exact) mass is 422 g/mol. The highest BCUT2D eigenvalue weighted by Crippen LogP contribution is 2.30. The number of carbonyl (C=O) groups excluding carboxylic acids is 2. The highest BCUT2D eigenvalue weighted by atomic mass is 16.6. The first-order valence-corrected chi connectivity index (χ1v) is 10.6. The molecule has 31 heavy (non-hydrogen) atoms. The first-order chi connectivity index (χ1) is 15.0. The van der Waals surface area contributed by atoms with E-state index in [9.17, 15) is 19.7 Å². The minimum atomic E-state index is -0.376. The predicted molar refractivity (Wildman–Crippen MR) is 118 cm³/mol. The van der Waals surface area contributed by atoms with Crippen LogP contribution in [0.2, 0.25) is 0 Å². The number of piperazine rings is 1. The number of nitrogens with zero attached hydrogens (tertiary/aromatic N) is 4. The Morgan fingerprint density at radius 2 is 1.74 bits per heavy atom. The average molecular weight is 422 g/mol. The van der Waals surface area contributed by atoms with Gasteiger partial charge in [-0.1, -0.05) is 31.2 Å². The minimum Gasteiger partial charge on any atom is -0.362 e. The van der Waals surface area contributed by atoms with Crippen molar-refractivity contribution in [3.05, 3.63) is 64.2 Å². The van der Waals surface area contributed by atoms with Gasteiger partial charge in [0.1, 0.15) is 5.69 Å².